The SMILES string of the molecule is NC(Cc1cc(F)cc(Br)c1)c1ccccc1OC(F)F. The van der Waals surface area contributed by atoms with Gasteiger partial charge in [0.15, 0.2) is 0 Å². The Kier molecular flexibility index (Phi) is 5.25. The average molecular weight is 360 g/mol. The Bertz CT molecular complexity index is 601. The molecule has 0 aliphatic rings. The summed E-state index contributed by atoms with van der Waals surface area (Å²) in [4.78, 5) is 0. The number of halogens is 4. The molecule has 1 unspecified atom stereocenters. The van der Waals surface area contributed by atoms with Crippen molar-refractivity contribution < 1.29 is 17.9 Å². The second-order valence-corrected chi connectivity index (χ2v) is 5.42. The lowest BCUT2D eigenvalue weighted by Gasteiger charge is -2.17. The normalized spacial score (nSPS) is 12.5. The summed E-state index contributed by atoms with van der Waals surface area (Å²) in [5.41, 5.74) is 7.17. The highest BCUT2D eigenvalue weighted by molar-refractivity contribution is 9.10. The molecular weight excluding hydrogens is 347 g/mol. The summed E-state index contributed by atoms with van der Waals surface area (Å²) in [6.45, 7) is -2.92. The van der Waals surface area contributed by atoms with Crippen LogP contribution in [0.25, 0.3) is 0 Å². The van der Waals surface area contributed by atoms with Gasteiger partial charge < -0.3 is 10.5 Å². The molecule has 0 saturated heterocycles. The van der Waals surface area contributed by atoms with E-state index in [1.54, 1.807) is 24.3 Å². The molecule has 1 atom stereocenters. The molecule has 2 aromatic carbocycles. The molecule has 2 nitrogen and oxygen atoms in total. The second kappa shape index (κ2) is 6.95. The van der Waals surface area contributed by atoms with Gasteiger partial charge in [-0.25, -0.2) is 4.39 Å². The largest absolute Gasteiger partial charge is 0.434 e. The Morgan fingerprint density at radius 2 is 1.86 bits per heavy atom. The van der Waals surface area contributed by atoms with Gasteiger partial charge in [-0.15, -0.1) is 0 Å². The molecule has 2 aromatic rings. The number of hydrogen-bond acceptors (Lipinski definition) is 2. The average Bonchev–Trinajstić information content (AvgIpc) is 2.37. The van der Waals surface area contributed by atoms with Gasteiger partial charge in [0, 0.05) is 16.1 Å². The van der Waals surface area contributed by atoms with Crippen LogP contribution in [-0.2, 0) is 6.42 Å². The van der Waals surface area contributed by atoms with E-state index in [1.165, 1.54) is 18.2 Å². The summed E-state index contributed by atoms with van der Waals surface area (Å²) in [6.07, 6.45) is 0.306. The third-order valence-electron chi connectivity index (χ3n) is 2.91. The quantitative estimate of drug-likeness (QED) is 0.856. The van der Waals surface area contributed by atoms with Crippen LogP contribution in [0, 0.1) is 5.82 Å². The third kappa shape index (κ3) is 4.47. The van der Waals surface area contributed by atoms with Crippen LogP contribution in [0.1, 0.15) is 17.2 Å². The van der Waals surface area contributed by atoms with Crippen LogP contribution >= 0.6 is 15.9 Å². The zero-order chi connectivity index (χ0) is 15.4. The summed E-state index contributed by atoms with van der Waals surface area (Å²) in [5, 5.41) is 0. The van der Waals surface area contributed by atoms with Gasteiger partial charge in [0.1, 0.15) is 11.6 Å². The minimum Gasteiger partial charge on any atom is -0.434 e. The second-order valence-electron chi connectivity index (χ2n) is 4.50. The molecule has 0 aliphatic carbocycles. The first-order chi connectivity index (χ1) is 9.95. The zero-order valence-corrected chi connectivity index (χ0v) is 12.5. The van der Waals surface area contributed by atoms with Crippen LogP contribution in [0.5, 0.6) is 5.75 Å². The van der Waals surface area contributed by atoms with Crippen molar-refractivity contribution in [3.05, 3.63) is 63.9 Å². The smallest absolute Gasteiger partial charge is 0.387 e. The molecule has 0 bridgehead atoms. The van der Waals surface area contributed by atoms with Crippen LogP contribution in [0.15, 0.2) is 46.9 Å². The highest BCUT2D eigenvalue weighted by Crippen LogP contribution is 2.28. The van der Waals surface area contributed by atoms with Crippen LogP contribution in [-0.4, -0.2) is 6.61 Å². The third-order valence-corrected chi connectivity index (χ3v) is 3.37. The fraction of sp³-hybridized carbons (Fsp3) is 0.200. The van der Waals surface area contributed by atoms with E-state index < -0.39 is 12.7 Å². The topological polar surface area (TPSA) is 35.2 Å². The Morgan fingerprint density at radius 3 is 2.52 bits per heavy atom. The standard InChI is InChI=1S/C15H13BrF3NO/c16-10-5-9(6-11(17)8-10)7-13(20)12-3-1-2-4-14(12)21-15(18)19/h1-6,8,13,15H,7,20H2. The van der Waals surface area contributed by atoms with Crippen molar-refractivity contribution in [3.8, 4) is 5.75 Å². The van der Waals surface area contributed by atoms with Crippen LogP contribution in [0.4, 0.5) is 13.2 Å². The Hall–Kier alpha value is -1.53. The Balaban J connectivity index is 2.22. The van der Waals surface area contributed by atoms with Crippen molar-refractivity contribution in [1.82, 2.24) is 0 Å². The van der Waals surface area contributed by atoms with E-state index in [0.717, 1.165) is 0 Å². The van der Waals surface area contributed by atoms with Crippen LogP contribution < -0.4 is 10.5 Å². The van der Waals surface area contributed by atoms with Crippen molar-refractivity contribution in [2.24, 2.45) is 5.73 Å². The number of hydrogen-bond donors (Lipinski definition) is 1. The minimum absolute atomic E-state index is 0.0375. The van der Waals surface area contributed by atoms with Gasteiger partial charge in [-0.05, 0) is 36.2 Å². The van der Waals surface area contributed by atoms with Gasteiger partial charge in [-0.1, -0.05) is 34.1 Å². The van der Waals surface area contributed by atoms with Gasteiger partial charge in [0.05, 0.1) is 0 Å². The summed E-state index contributed by atoms with van der Waals surface area (Å²) in [6, 6.07) is 10.2. The van der Waals surface area contributed by atoms with Crippen LogP contribution in [0.3, 0.4) is 0 Å². The predicted molar refractivity (Wildman–Crippen MR) is 77.8 cm³/mol. The van der Waals surface area contributed by atoms with Gasteiger partial charge in [-0.3, -0.25) is 0 Å². The number of alkyl halides is 2. The number of para-hydroxylation sites is 1. The fourth-order valence-corrected chi connectivity index (χ4v) is 2.60. The van der Waals surface area contributed by atoms with E-state index in [-0.39, 0.29) is 11.6 Å². The van der Waals surface area contributed by atoms with E-state index in [0.29, 0.717) is 22.0 Å². The number of nitrogens with two attached hydrogens (primary N) is 1. The molecule has 0 aliphatic heterocycles. The Labute approximate surface area is 128 Å². The van der Waals surface area contributed by atoms with E-state index in [2.05, 4.69) is 20.7 Å². The zero-order valence-electron chi connectivity index (χ0n) is 10.9. The molecular formula is C15H13BrF3NO. The van der Waals surface area contributed by atoms with Crippen molar-refractivity contribution >= 4 is 15.9 Å². The summed E-state index contributed by atoms with van der Waals surface area (Å²) in [5.74, 6) is -0.348. The van der Waals surface area contributed by atoms with Gasteiger partial charge in [0.25, 0.3) is 0 Å². The molecule has 0 heterocycles. The molecule has 0 aromatic heterocycles. The molecule has 112 valence electrons. The molecule has 0 radical (unpaired) electrons. The molecule has 2 rings (SSSR count). The van der Waals surface area contributed by atoms with Gasteiger partial charge >= 0.3 is 6.61 Å². The number of ether oxygens (including phenoxy) is 1. The first kappa shape index (κ1) is 15.9. The van der Waals surface area contributed by atoms with Crippen LogP contribution in [0.2, 0.25) is 0 Å². The Morgan fingerprint density at radius 1 is 1.14 bits per heavy atom. The predicted octanol–water partition coefficient (Wildman–Crippen LogP) is 4.43. The fourth-order valence-electron chi connectivity index (χ4n) is 2.08. The maximum atomic E-state index is 13.3. The van der Waals surface area contributed by atoms with E-state index in [9.17, 15) is 13.2 Å². The lowest BCUT2D eigenvalue weighted by Crippen LogP contribution is -2.16. The van der Waals surface area contributed by atoms with E-state index in [4.69, 9.17) is 5.73 Å². The lowest BCUT2D eigenvalue weighted by atomic mass is 9.99. The first-order valence-corrected chi connectivity index (χ1v) is 6.99. The maximum Gasteiger partial charge on any atom is 0.387 e. The van der Waals surface area contributed by atoms with Gasteiger partial charge in [0.2, 0.25) is 0 Å². The van der Waals surface area contributed by atoms with E-state index in [1.807, 2.05) is 0 Å². The molecule has 6 heteroatoms. The lowest BCUT2D eigenvalue weighted by molar-refractivity contribution is -0.0506. The number of rotatable bonds is 5. The molecule has 0 spiro atoms. The molecule has 0 amide bonds. The maximum absolute atomic E-state index is 13.3. The van der Waals surface area contributed by atoms with Crippen molar-refractivity contribution in [3.63, 3.8) is 0 Å². The van der Waals surface area contributed by atoms with Gasteiger partial charge in [-0.2, -0.15) is 8.78 Å². The highest BCUT2D eigenvalue weighted by atomic mass is 79.9. The molecule has 0 fully saturated rings. The minimum atomic E-state index is -2.92. The monoisotopic (exact) mass is 359 g/mol. The summed E-state index contributed by atoms with van der Waals surface area (Å²) in [7, 11) is 0. The van der Waals surface area contributed by atoms with Crippen molar-refractivity contribution in [1.29, 1.82) is 0 Å². The molecule has 21 heavy (non-hydrogen) atoms. The first-order valence-electron chi connectivity index (χ1n) is 6.20. The van der Waals surface area contributed by atoms with E-state index >= 15 is 0 Å². The summed E-state index contributed by atoms with van der Waals surface area (Å²) >= 11 is 3.20. The highest BCUT2D eigenvalue weighted by Gasteiger charge is 2.15. The molecule has 2 N–H and O–H groups in total. The molecule has 0 saturated carbocycles. The number of benzene rings is 2. The summed E-state index contributed by atoms with van der Waals surface area (Å²) < 4.78 is 43.1. The van der Waals surface area contributed by atoms with Crippen molar-refractivity contribution in [2.45, 2.75) is 19.1 Å². The van der Waals surface area contributed by atoms with Crippen molar-refractivity contribution in [2.75, 3.05) is 0 Å².